The van der Waals surface area contributed by atoms with Crippen LogP contribution in [0.4, 0.5) is 0 Å². The van der Waals surface area contributed by atoms with Crippen molar-refractivity contribution in [1.29, 1.82) is 0 Å². The number of esters is 1. The maximum Gasteiger partial charge on any atom is 0.303 e. The standard InChI is InChI=1S/C26H26O6S/c1-15-12-13-17-8-6-7-11-19(17)21(15)31-23-22-20(30-26(33)24(23)29-16(2)27)14-28-25(32-22)18-9-4-3-5-10-18/h3-13,20,22-26,33H,14H2,1-2H3/t20-,22-,23+,24-,25?,26+/m1/s1. The van der Waals surface area contributed by atoms with Crippen LogP contribution in [0.5, 0.6) is 5.75 Å². The molecule has 2 aliphatic heterocycles. The van der Waals surface area contributed by atoms with E-state index >= 15 is 0 Å². The molecule has 2 fully saturated rings. The molecule has 3 aromatic rings. The molecular formula is C26H26O6S. The van der Waals surface area contributed by atoms with Crippen LogP contribution in [0.15, 0.2) is 66.7 Å². The number of thiol groups is 1. The van der Waals surface area contributed by atoms with Crippen molar-refractivity contribution >= 4 is 29.4 Å². The lowest BCUT2D eigenvalue weighted by molar-refractivity contribution is -0.315. The third-order valence-electron chi connectivity index (χ3n) is 6.01. The van der Waals surface area contributed by atoms with Gasteiger partial charge >= 0.3 is 5.97 Å². The Labute approximate surface area is 198 Å². The largest absolute Gasteiger partial charge is 0.483 e. The third kappa shape index (κ3) is 4.46. The van der Waals surface area contributed by atoms with Gasteiger partial charge in [-0.3, -0.25) is 4.79 Å². The zero-order valence-electron chi connectivity index (χ0n) is 18.4. The Kier molecular flexibility index (Phi) is 6.29. The van der Waals surface area contributed by atoms with Gasteiger partial charge in [-0.25, -0.2) is 0 Å². The molecule has 0 bridgehead atoms. The highest BCUT2D eigenvalue weighted by Crippen LogP contribution is 2.39. The SMILES string of the molecule is CC(=O)O[C@@H]1[C@@H](Oc2c(C)ccc3ccccc23)[C@@H]2OC(c3ccccc3)OC[C@H]2O[C@H]1S. The van der Waals surface area contributed by atoms with Gasteiger partial charge in [0.2, 0.25) is 0 Å². The van der Waals surface area contributed by atoms with Gasteiger partial charge in [0.05, 0.1) is 6.61 Å². The number of rotatable bonds is 4. The summed E-state index contributed by atoms with van der Waals surface area (Å²) in [5.74, 6) is 0.291. The van der Waals surface area contributed by atoms with Gasteiger partial charge in [-0.1, -0.05) is 66.7 Å². The molecular weight excluding hydrogens is 440 g/mol. The van der Waals surface area contributed by atoms with E-state index in [1.165, 1.54) is 6.92 Å². The van der Waals surface area contributed by atoms with Crippen LogP contribution in [0.25, 0.3) is 10.8 Å². The summed E-state index contributed by atoms with van der Waals surface area (Å²) in [4.78, 5) is 11.9. The molecule has 33 heavy (non-hydrogen) atoms. The minimum Gasteiger partial charge on any atom is -0.483 e. The quantitative estimate of drug-likeness (QED) is 0.448. The fraction of sp³-hybridized carbons (Fsp3) is 0.346. The molecule has 0 aromatic heterocycles. The number of fused-ring (bicyclic) bond motifs is 2. The summed E-state index contributed by atoms with van der Waals surface area (Å²) in [5.41, 5.74) is 1.18. The average Bonchev–Trinajstić information content (AvgIpc) is 2.83. The summed E-state index contributed by atoms with van der Waals surface area (Å²) in [7, 11) is 0. The topological polar surface area (TPSA) is 63.2 Å². The Morgan fingerprint density at radius 3 is 2.52 bits per heavy atom. The molecule has 0 spiro atoms. The van der Waals surface area contributed by atoms with E-state index in [0.29, 0.717) is 6.61 Å². The fourth-order valence-corrected chi connectivity index (χ4v) is 4.83. The van der Waals surface area contributed by atoms with E-state index in [1.54, 1.807) is 0 Å². The molecule has 0 aliphatic carbocycles. The van der Waals surface area contributed by atoms with E-state index < -0.39 is 42.1 Å². The summed E-state index contributed by atoms with van der Waals surface area (Å²) in [6.45, 7) is 3.67. The first-order chi connectivity index (χ1) is 16.0. The monoisotopic (exact) mass is 466 g/mol. The highest BCUT2D eigenvalue weighted by atomic mass is 32.1. The van der Waals surface area contributed by atoms with Gasteiger partial charge in [0.25, 0.3) is 0 Å². The highest BCUT2D eigenvalue weighted by Gasteiger charge is 2.52. The zero-order chi connectivity index (χ0) is 22.9. The van der Waals surface area contributed by atoms with E-state index in [4.69, 9.17) is 23.7 Å². The molecule has 1 unspecified atom stereocenters. The van der Waals surface area contributed by atoms with Gasteiger partial charge in [-0.2, -0.15) is 0 Å². The number of hydrogen-bond donors (Lipinski definition) is 1. The van der Waals surface area contributed by atoms with Gasteiger partial charge in [0.1, 0.15) is 23.4 Å². The van der Waals surface area contributed by atoms with Gasteiger partial charge < -0.3 is 23.7 Å². The summed E-state index contributed by atoms with van der Waals surface area (Å²) in [5, 5.41) is 2.03. The Morgan fingerprint density at radius 1 is 0.970 bits per heavy atom. The van der Waals surface area contributed by atoms with E-state index in [-0.39, 0.29) is 0 Å². The first-order valence-corrected chi connectivity index (χ1v) is 11.5. The number of ether oxygens (including phenoxy) is 5. The number of aryl methyl sites for hydroxylation is 1. The summed E-state index contributed by atoms with van der Waals surface area (Å²) in [6.07, 6.45) is -2.94. The zero-order valence-corrected chi connectivity index (χ0v) is 19.3. The molecule has 3 aromatic carbocycles. The molecule has 0 radical (unpaired) electrons. The Morgan fingerprint density at radius 2 is 1.73 bits per heavy atom. The van der Waals surface area contributed by atoms with Crippen LogP contribution in [0.3, 0.4) is 0 Å². The molecule has 2 saturated heterocycles. The Hall–Kier alpha value is -2.58. The second-order valence-corrected chi connectivity index (χ2v) is 8.84. The lowest BCUT2D eigenvalue weighted by Crippen LogP contribution is -2.63. The van der Waals surface area contributed by atoms with Crippen molar-refractivity contribution in [2.45, 2.75) is 50.0 Å². The van der Waals surface area contributed by atoms with Crippen LogP contribution in [0.2, 0.25) is 0 Å². The van der Waals surface area contributed by atoms with Crippen molar-refractivity contribution in [3.8, 4) is 5.75 Å². The second-order valence-electron chi connectivity index (χ2n) is 8.33. The minimum absolute atomic E-state index is 0.308. The normalized spacial score (nSPS) is 29.3. The summed E-state index contributed by atoms with van der Waals surface area (Å²) in [6, 6.07) is 21.8. The van der Waals surface area contributed by atoms with Crippen molar-refractivity contribution in [3.63, 3.8) is 0 Å². The molecule has 2 heterocycles. The van der Waals surface area contributed by atoms with Crippen molar-refractivity contribution in [2.75, 3.05) is 6.61 Å². The molecule has 6 nitrogen and oxygen atoms in total. The number of carbonyl (C=O) groups is 1. The van der Waals surface area contributed by atoms with Crippen molar-refractivity contribution in [1.82, 2.24) is 0 Å². The Balaban J connectivity index is 1.53. The first kappa shape index (κ1) is 22.2. The Bertz CT molecular complexity index is 1140. The lowest BCUT2D eigenvalue weighted by Gasteiger charge is -2.47. The van der Waals surface area contributed by atoms with Crippen LogP contribution in [0.1, 0.15) is 24.3 Å². The predicted octanol–water partition coefficient (Wildman–Crippen LogP) is 4.60. The third-order valence-corrected chi connectivity index (χ3v) is 6.42. The molecule has 0 saturated carbocycles. The highest BCUT2D eigenvalue weighted by molar-refractivity contribution is 7.80. The number of hydrogen-bond acceptors (Lipinski definition) is 7. The summed E-state index contributed by atoms with van der Waals surface area (Å²) < 4.78 is 30.6. The maximum atomic E-state index is 11.9. The van der Waals surface area contributed by atoms with Crippen LogP contribution in [-0.4, -0.2) is 42.4 Å². The van der Waals surface area contributed by atoms with Crippen LogP contribution >= 0.6 is 12.6 Å². The molecule has 0 N–H and O–H groups in total. The first-order valence-electron chi connectivity index (χ1n) is 11.0. The van der Waals surface area contributed by atoms with Gasteiger partial charge in [0, 0.05) is 17.9 Å². The van der Waals surface area contributed by atoms with Crippen molar-refractivity contribution in [3.05, 3.63) is 77.9 Å². The van der Waals surface area contributed by atoms with E-state index in [2.05, 4.69) is 18.7 Å². The maximum absolute atomic E-state index is 11.9. The smallest absolute Gasteiger partial charge is 0.303 e. The van der Waals surface area contributed by atoms with Crippen LogP contribution in [-0.2, 0) is 23.7 Å². The molecule has 0 amide bonds. The number of carbonyl (C=O) groups excluding carboxylic acids is 1. The fourth-order valence-electron chi connectivity index (χ4n) is 4.44. The average molecular weight is 467 g/mol. The van der Waals surface area contributed by atoms with Crippen molar-refractivity contribution < 1.29 is 28.5 Å². The number of benzene rings is 3. The lowest BCUT2D eigenvalue weighted by atomic mass is 9.97. The van der Waals surface area contributed by atoms with Gasteiger partial charge in [-0.05, 0) is 17.9 Å². The van der Waals surface area contributed by atoms with Gasteiger partial charge in [-0.15, -0.1) is 12.6 Å². The van der Waals surface area contributed by atoms with Crippen LogP contribution in [0, 0.1) is 6.92 Å². The molecule has 5 rings (SSSR count). The van der Waals surface area contributed by atoms with Crippen molar-refractivity contribution in [2.24, 2.45) is 0 Å². The van der Waals surface area contributed by atoms with E-state index in [1.807, 2.05) is 67.6 Å². The van der Waals surface area contributed by atoms with Crippen LogP contribution < -0.4 is 4.74 Å². The second kappa shape index (κ2) is 9.35. The minimum atomic E-state index is -0.764. The predicted molar refractivity (Wildman–Crippen MR) is 126 cm³/mol. The molecule has 2 aliphatic rings. The van der Waals surface area contributed by atoms with E-state index in [0.717, 1.165) is 27.6 Å². The molecule has 6 atom stereocenters. The summed E-state index contributed by atoms with van der Waals surface area (Å²) >= 11 is 4.57. The molecule has 172 valence electrons. The van der Waals surface area contributed by atoms with Gasteiger partial charge in [0.15, 0.2) is 18.5 Å². The van der Waals surface area contributed by atoms with E-state index in [9.17, 15) is 4.79 Å². The molecule has 7 heteroatoms.